The van der Waals surface area contributed by atoms with Gasteiger partial charge in [-0.05, 0) is 49.4 Å². The van der Waals surface area contributed by atoms with Crippen molar-refractivity contribution in [1.82, 2.24) is 0 Å². The molecule has 88 heavy (non-hydrogen) atoms. The van der Waals surface area contributed by atoms with E-state index in [1.165, 1.54) is 128 Å². The normalized spacial score (nSPS) is 14.6. The van der Waals surface area contributed by atoms with E-state index in [-0.39, 0.29) is 25.7 Å². The van der Waals surface area contributed by atoms with Crippen LogP contribution in [0.4, 0.5) is 0 Å². The molecular weight excluding hydrogens is 1160 g/mol. The molecule has 0 aliphatic heterocycles. The number of aliphatic hydroxyl groups is 1. The SMILES string of the molecule is CCC(C)CCCCCCCCC(=O)OC[C@H](COP(=O)(O)OC[C@H](O)COP(=O)(O)OC[C@@H](COC(=O)CCCCCCCCC(C)C)OC(=O)CCCCCCCCCC(C)C)OC(=O)CCCCCCCCCCCCCCCCCCC(C)C. The molecule has 0 aromatic heterocycles. The largest absolute Gasteiger partial charge is 0.472 e. The minimum atomic E-state index is -4.95. The minimum Gasteiger partial charge on any atom is -0.462 e. The van der Waals surface area contributed by atoms with E-state index in [4.69, 9.17) is 37.0 Å². The van der Waals surface area contributed by atoms with Crippen molar-refractivity contribution in [3.63, 3.8) is 0 Å². The summed E-state index contributed by atoms with van der Waals surface area (Å²) in [4.78, 5) is 72.4. The Kier molecular flexibility index (Phi) is 57.6. The molecular formula is C69H134O17P2. The summed E-state index contributed by atoms with van der Waals surface area (Å²) < 4.78 is 68.1. The number of hydrogen-bond donors (Lipinski definition) is 3. The van der Waals surface area contributed by atoms with Crippen LogP contribution in [0.25, 0.3) is 0 Å². The van der Waals surface area contributed by atoms with Gasteiger partial charge in [0, 0.05) is 25.7 Å². The van der Waals surface area contributed by atoms with Crippen molar-refractivity contribution in [2.75, 3.05) is 39.6 Å². The third-order valence-corrected chi connectivity index (χ3v) is 18.1. The standard InChI is InChI=1S/C69H134O17P2/c1-9-62(8)48-40-32-26-28-34-42-50-67(72)80-56-64(85-68(73)51-43-35-23-19-17-15-13-11-10-12-14-16-18-21-29-37-45-59(2)3)57-83-87(75,76)81-53-63(70)54-82-88(77,78)84-58-65(55-79-66(71)49-41-33-27-25-31-39-47-61(6)7)86-69(74)52-44-36-24-20-22-30-38-46-60(4)5/h59-65,70H,9-58H2,1-8H3,(H,75,76)(H,77,78)/t62?,63-,64+,65+/m0/s1. The molecule has 6 atom stereocenters. The number of phosphoric ester groups is 2. The maximum absolute atomic E-state index is 13.0. The van der Waals surface area contributed by atoms with Gasteiger partial charge in [0.1, 0.15) is 19.3 Å². The molecule has 0 saturated heterocycles. The van der Waals surface area contributed by atoms with E-state index in [1.54, 1.807) is 0 Å². The van der Waals surface area contributed by atoms with E-state index < -0.39 is 97.5 Å². The second-order valence-electron chi connectivity index (χ2n) is 26.6. The molecule has 17 nitrogen and oxygen atoms in total. The first-order valence-corrected chi connectivity index (χ1v) is 38.7. The van der Waals surface area contributed by atoms with E-state index in [2.05, 4.69) is 55.4 Å². The predicted octanol–water partition coefficient (Wildman–Crippen LogP) is 19.3. The molecule has 0 spiro atoms. The zero-order valence-electron chi connectivity index (χ0n) is 57.3. The lowest BCUT2D eigenvalue weighted by Crippen LogP contribution is -2.30. The lowest BCUT2D eigenvalue weighted by molar-refractivity contribution is -0.161. The van der Waals surface area contributed by atoms with Crippen molar-refractivity contribution in [2.24, 2.45) is 23.7 Å². The van der Waals surface area contributed by atoms with E-state index in [9.17, 15) is 43.2 Å². The Morgan fingerprint density at radius 2 is 0.545 bits per heavy atom. The molecule has 0 radical (unpaired) electrons. The van der Waals surface area contributed by atoms with E-state index >= 15 is 0 Å². The van der Waals surface area contributed by atoms with Crippen molar-refractivity contribution in [3.8, 4) is 0 Å². The molecule has 19 heteroatoms. The van der Waals surface area contributed by atoms with E-state index in [0.717, 1.165) is 115 Å². The van der Waals surface area contributed by atoms with Gasteiger partial charge in [-0.2, -0.15) is 0 Å². The highest BCUT2D eigenvalue weighted by Crippen LogP contribution is 2.45. The number of hydrogen-bond acceptors (Lipinski definition) is 15. The molecule has 0 aromatic carbocycles. The monoisotopic (exact) mass is 1300 g/mol. The molecule has 0 amide bonds. The van der Waals surface area contributed by atoms with Crippen LogP contribution < -0.4 is 0 Å². The Morgan fingerprint density at radius 1 is 0.318 bits per heavy atom. The van der Waals surface area contributed by atoms with Gasteiger partial charge in [-0.3, -0.25) is 37.3 Å². The highest BCUT2D eigenvalue weighted by molar-refractivity contribution is 7.47. The maximum atomic E-state index is 13.0. The van der Waals surface area contributed by atoms with Gasteiger partial charge >= 0.3 is 39.5 Å². The summed E-state index contributed by atoms with van der Waals surface area (Å²) in [5.74, 6) is 0.779. The van der Waals surface area contributed by atoms with Gasteiger partial charge in [-0.25, -0.2) is 9.13 Å². The van der Waals surface area contributed by atoms with Gasteiger partial charge in [0.25, 0.3) is 0 Å². The van der Waals surface area contributed by atoms with Crippen molar-refractivity contribution in [3.05, 3.63) is 0 Å². The van der Waals surface area contributed by atoms with Crippen LogP contribution >= 0.6 is 15.6 Å². The number of unbranched alkanes of at least 4 members (excludes halogenated alkanes) is 31. The molecule has 0 saturated carbocycles. The number of carbonyl (C=O) groups is 4. The minimum absolute atomic E-state index is 0.102. The van der Waals surface area contributed by atoms with Crippen LogP contribution in [-0.4, -0.2) is 96.7 Å². The fourth-order valence-electron chi connectivity index (χ4n) is 10.3. The number of esters is 4. The smallest absolute Gasteiger partial charge is 0.462 e. The highest BCUT2D eigenvalue weighted by atomic mass is 31.2. The molecule has 0 heterocycles. The number of rotatable bonds is 66. The number of ether oxygens (including phenoxy) is 4. The second-order valence-corrected chi connectivity index (χ2v) is 29.5. The van der Waals surface area contributed by atoms with Crippen LogP contribution in [-0.2, 0) is 65.4 Å². The maximum Gasteiger partial charge on any atom is 0.472 e. The average molecular weight is 1300 g/mol. The molecule has 0 aliphatic carbocycles. The molecule has 0 aliphatic rings. The van der Waals surface area contributed by atoms with Crippen LogP contribution in [0.1, 0.15) is 338 Å². The van der Waals surface area contributed by atoms with Crippen LogP contribution in [0, 0.1) is 23.7 Å². The van der Waals surface area contributed by atoms with Gasteiger partial charge in [0.05, 0.1) is 26.4 Å². The summed E-state index contributed by atoms with van der Waals surface area (Å²) in [6.45, 7) is 14.0. The Bertz CT molecular complexity index is 1750. The summed E-state index contributed by atoms with van der Waals surface area (Å²) in [6.07, 6.45) is 40.7. The summed E-state index contributed by atoms with van der Waals surface area (Å²) in [7, 11) is -9.90. The van der Waals surface area contributed by atoms with Crippen molar-refractivity contribution < 1.29 is 80.2 Å². The second kappa shape index (κ2) is 58.8. The summed E-state index contributed by atoms with van der Waals surface area (Å²) in [6, 6.07) is 0. The van der Waals surface area contributed by atoms with Crippen LogP contribution in [0.2, 0.25) is 0 Å². The molecule has 0 fully saturated rings. The third kappa shape index (κ3) is 61.6. The van der Waals surface area contributed by atoms with E-state index in [1.807, 2.05) is 0 Å². The van der Waals surface area contributed by atoms with Crippen LogP contribution in [0.3, 0.4) is 0 Å². The summed E-state index contributed by atoms with van der Waals surface area (Å²) >= 11 is 0. The number of aliphatic hydroxyl groups excluding tert-OH is 1. The van der Waals surface area contributed by atoms with Gasteiger partial charge in [-0.1, -0.05) is 287 Å². The summed E-state index contributed by atoms with van der Waals surface area (Å²) in [5, 5.41) is 10.6. The molecule has 3 N–H and O–H groups in total. The first-order chi connectivity index (χ1) is 42.1. The van der Waals surface area contributed by atoms with Gasteiger partial charge in [-0.15, -0.1) is 0 Å². The predicted molar refractivity (Wildman–Crippen MR) is 354 cm³/mol. The molecule has 522 valence electrons. The Hall–Kier alpha value is -1.94. The Balaban J connectivity index is 5.19. The molecule has 0 aromatic rings. The zero-order valence-corrected chi connectivity index (χ0v) is 59.1. The highest BCUT2D eigenvalue weighted by Gasteiger charge is 2.30. The van der Waals surface area contributed by atoms with Crippen LogP contribution in [0.5, 0.6) is 0 Å². The topological polar surface area (TPSA) is 237 Å². The number of phosphoric acid groups is 2. The Labute approximate surface area is 537 Å². The first-order valence-electron chi connectivity index (χ1n) is 35.7. The van der Waals surface area contributed by atoms with Crippen molar-refractivity contribution in [2.45, 2.75) is 356 Å². The van der Waals surface area contributed by atoms with Gasteiger partial charge < -0.3 is 33.8 Å². The number of carbonyl (C=O) groups excluding carboxylic acids is 4. The van der Waals surface area contributed by atoms with Crippen LogP contribution in [0.15, 0.2) is 0 Å². The van der Waals surface area contributed by atoms with Gasteiger partial charge in [0.2, 0.25) is 0 Å². The zero-order chi connectivity index (χ0) is 65.4. The lowest BCUT2D eigenvalue weighted by atomic mass is 10.00. The molecule has 3 unspecified atom stereocenters. The fourth-order valence-corrected chi connectivity index (χ4v) is 11.9. The first kappa shape index (κ1) is 86.1. The fraction of sp³-hybridized carbons (Fsp3) is 0.942. The van der Waals surface area contributed by atoms with E-state index in [0.29, 0.717) is 37.5 Å². The van der Waals surface area contributed by atoms with Crippen molar-refractivity contribution >= 4 is 39.5 Å². The molecule has 0 bridgehead atoms. The average Bonchev–Trinajstić information content (AvgIpc) is 3.70. The van der Waals surface area contributed by atoms with Gasteiger partial charge in [0.15, 0.2) is 12.2 Å². The molecule has 0 rings (SSSR count). The van der Waals surface area contributed by atoms with Crippen molar-refractivity contribution in [1.29, 1.82) is 0 Å². The summed E-state index contributed by atoms with van der Waals surface area (Å²) in [5.41, 5.74) is 0. The Morgan fingerprint density at radius 3 is 0.807 bits per heavy atom. The lowest BCUT2D eigenvalue weighted by Gasteiger charge is -2.21. The quantitative estimate of drug-likeness (QED) is 0.0222. The third-order valence-electron chi connectivity index (χ3n) is 16.2.